The van der Waals surface area contributed by atoms with E-state index in [2.05, 4.69) is 33.0 Å². The van der Waals surface area contributed by atoms with Gasteiger partial charge >= 0.3 is 0 Å². The van der Waals surface area contributed by atoms with E-state index in [4.69, 9.17) is 16.3 Å². The van der Waals surface area contributed by atoms with Gasteiger partial charge in [0.2, 0.25) is 0 Å². The highest BCUT2D eigenvalue weighted by molar-refractivity contribution is 6.32. The Labute approximate surface area is 162 Å². The van der Waals surface area contributed by atoms with Gasteiger partial charge in [0.15, 0.2) is 5.69 Å². The number of amides is 1. The molecule has 0 aliphatic heterocycles. The lowest BCUT2D eigenvalue weighted by Crippen LogP contribution is -2.15. The van der Waals surface area contributed by atoms with Crippen LogP contribution in [0.25, 0.3) is 0 Å². The number of benzene rings is 2. The van der Waals surface area contributed by atoms with Crippen LogP contribution >= 0.6 is 11.6 Å². The Morgan fingerprint density at radius 3 is 2.56 bits per heavy atom. The molecule has 27 heavy (non-hydrogen) atoms. The van der Waals surface area contributed by atoms with E-state index in [-0.39, 0.29) is 11.6 Å². The molecule has 0 aliphatic carbocycles. The monoisotopic (exact) mass is 382 g/mol. The standard InChI is InChI=1S/C20H19ClN4O2/c1-27-18-9-7-15(13-16(18)21)23-20(26)17-8-10-19(25-24-17)22-12-11-14-5-3-2-4-6-14/h2-10,13H,11-12H2,1H3,(H,22,25)(H,23,26). The van der Waals surface area contributed by atoms with Crippen LogP contribution in [0, 0.1) is 0 Å². The third-order valence-electron chi connectivity index (χ3n) is 3.87. The molecule has 1 aromatic heterocycles. The molecule has 0 radical (unpaired) electrons. The van der Waals surface area contributed by atoms with Gasteiger partial charge in [0.1, 0.15) is 11.6 Å². The number of halogens is 1. The van der Waals surface area contributed by atoms with Crippen molar-refractivity contribution in [1.82, 2.24) is 10.2 Å². The van der Waals surface area contributed by atoms with Crippen LogP contribution in [0.1, 0.15) is 16.1 Å². The van der Waals surface area contributed by atoms with Crippen molar-refractivity contribution in [1.29, 1.82) is 0 Å². The Bertz CT molecular complexity index is 902. The van der Waals surface area contributed by atoms with Gasteiger partial charge in [-0.05, 0) is 42.3 Å². The molecule has 0 atom stereocenters. The minimum Gasteiger partial charge on any atom is -0.495 e. The number of hydrogen-bond acceptors (Lipinski definition) is 5. The summed E-state index contributed by atoms with van der Waals surface area (Å²) >= 11 is 6.06. The third-order valence-corrected chi connectivity index (χ3v) is 4.16. The van der Waals surface area contributed by atoms with Crippen molar-refractivity contribution in [3.63, 3.8) is 0 Å². The number of rotatable bonds is 7. The largest absolute Gasteiger partial charge is 0.495 e. The van der Waals surface area contributed by atoms with Crippen molar-refractivity contribution >= 4 is 29.0 Å². The first-order valence-electron chi connectivity index (χ1n) is 8.42. The van der Waals surface area contributed by atoms with Crippen molar-refractivity contribution in [3.8, 4) is 5.75 Å². The SMILES string of the molecule is COc1ccc(NC(=O)c2ccc(NCCc3ccccc3)nn2)cc1Cl. The maximum Gasteiger partial charge on any atom is 0.276 e. The molecule has 0 spiro atoms. The molecule has 2 aromatic carbocycles. The molecule has 0 fully saturated rings. The van der Waals surface area contributed by atoms with E-state index in [1.165, 1.54) is 12.7 Å². The van der Waals surface area contributed by atoms with Gasteiger partial charge in [0, 0.05) is 12.2 Å². The summed E-state index contributed by atoms with van der Waals surface area (Å²) in [5, 5.41) is 14.4. The predicted molar refractivity (Wildman–Crippen MR) is 107 cm³/mol. The molecule has 6 nitrogen and oxygen atoms in total. The zero-order chi connectivity index (χ0) is 19.1. The number of nitrogens with one attached hydrogen (secondary N) is 2. The zero-order valence-electron chi connectivity index (χ0n) is 14.8. The first-order chi connectivity index (χ1) is 13.2. The Morgan fingerprint density at radius 2 is 1.89 bits per heavy atom. The number of methoxy groups -OCH3 is 1. The molecule has 3 aromatic rings. The van der Waals surface area contributed by atoms with Crippen molar-refractivity contribution in [2.45, 2.75) is 6.42 Å². The molecule has 1 heterocycles. The minimum absolute atomic E-state index is 0.218. The lowest BCUT2D eigenvalue weighted by Gasteiger charge is -2.08. The van der Waals surface area contributed by atoms with Gasteiger partial charge in [-0.25, -0.2) is 0 Å². The average Bonchev–Trinajstić information content (AvgIpc) is 2.69. The number of nitrogens with zero attached hydrogens (tertiary/aromatic N) is 2. The average molecular weight is 383 g/mol. The topological polar surface area (TPSA) is 76.1 Å². The molecule has 0 aliphatic rings. The van der Waals surface area contributed by atoms with Crippen molar-refractivity contribution < 1.29 is 9.53 Å². The van der Waals surface area contributed by atoms with Gasteiger partial charge in [0.25, 0.3) is 5.91 Å². The fourth-order valence-corrected chi connectivity index (χ4v) is 2.72. The second-order valence-electron chi connectivity index (χ2n) is 5.77. The van der Waals surface area contributed by atoms with Crippen LogP contribution in [0.5, 0.6) is 5.75 Å². The third kappa shape index (κ3) is 5.18. The molecular formula is C20H19ClN4O2. The molecule has 138 valence electrons. The second kappa shape index (κ2) is 9.00. The lowest BCUT2D eigenvalue weighted by atomic mass is 10.1. The molecule has 0 bridgehead atoms. The fourth-order valence-electron chi connectivity index (χ4n) is 2.47. The van der Waals surface area contributed by atoms with Crippen LogP contribution in [-0.4, -0.2) is 29.8 Å². The quantitative estimate of drug-likeness (QED) is 0.644. The predicted octanol–water partition coefficient (Wildman–Crippen LogP) is 4.05. The van der Waals surface area contributed by atoms with Gasteiger partial charge in [-0.3, -0.25) is 4.79 Å². The smallest absolute Gasteiger partial charge is 0.276 e. The molecule has 3 rings (SSSR count). The number of ether oxygens (including phenoxy) is 1. The zero-order valence-corrected chi connectivity index (χ0v) is 15.5. The van der Waals surface area contributed by atoms with Crippen molar-refractivity contribution in [3.05, 3.63) is 76.9 Å². The first-order valence-corrected chi connectivity index (χ1v) is 8.80. The van der Waals surface area contributed by atoms with E-state index < -0.39 is 0 Å². The number of carbonyl (C=O) groups excluding carboxylic acids is 1. The van der Waals surface area contributed by atoms with E-state index in [0.717, 1.165) is 13.0 Å². The van der Waals surface area contributed by atoms with E-state index in [9.17, 15) is 4.79 Å². The maximum absolute atomic E-state index is 12.3. The summed E-state index contributed by atoms with van der Waals surface area (Å²) < 4.78 is 5.09. The summed E-state index contributed by atoms with van der Waals surface area (Å²) in [5.74, 6) is 0.801. The Morgan fingerprint density at radius 1 is 1.07 bits per heavy atom. The number of carbonyl (C=O) groups is 1. The number of anilines is 2. The second-order valence-corrected chi connectivity index (χ2v) is 6.18. The van der Waals surface area contributed by atoms with Crippen LogP contribution in [0.3, 0.4) is 0 Å². The summed E-state index contributed by atoms with van der Waals surface area (Å²) in [5.41, 5.74) is 2.01. The van der Waals surface area contributed by atoms with Crippen LogP contribution in [0.15, 0.2) is 60.7 Å². The minimum atomic E-state index is -0.362. The first kappa shape index (κ1) is 18.7. The lowest BCUT2D eigenvalue weighted by molar-refractivity contribution is 0.102. The van der Waals surface area contributed by atoms with Gasteiger partial charge in [0.05, 0.1) is 12.1 Å². The summed E-state index contributed by atoms with van der Waals surface area (Å²) in [6.45, 7) is 0.731. The molecule has 7 heteroatoms. The number of aromatic nitrogens is 2. The highest BCUT2D eigenvalue weighted by Gasteiger charge is 2.10. The Balaban J connectivity index is 1.54. The van der Waals surface area contributed by atoms with E-state index >= 15 is 0 Å². The van der Waals surface area contributed by atoms with Crippen LogP contribution in [0.4, 0.5) is 11.5 Å². The molecule has 2 N–H and O–H groups in total. The van der Waals surface area contributed by atoms with Gasteiger partial charge in [-0.15, -0.1) is 10.2 Å². The van der Waals surface area contributed by atoms with Crippen molar-refractivity contribution in [2.24, 2.45) is 0 Å². The van der Waals surface area contributed by atoms with Crippen LogP contribution < -0.4 is 15.4 Å². The molecule has 1 amide bonds. The van der Waals surface area contributed by atoms with Crippen LogP contribution in [0.2, 0.25) is 5.02 Å². The van der Waals surface area contributed by atoms with E-state index in [1.54, 1.807) is 30.3 Å². The van der Waals surface area contributed by atoms with Crippen LogP contribution in [-0.2, 0) is 6.42 Å². The van der Waals surface area contributed by atoms with E-state index in [0.29, 0.717) is 22.3 Å². The number of hydrogen-bond donors (Lipinski definition) is 2. The van der Waals surface area contributed by atoms with Gasteiger partial charge in [-0.1, -0.05) is 41.9 Å². The molecular weight excluding hydrogens is 364 g/mol. The summed E-state index contributed by atoms with van der Waals surface area (Å²) in [6.07, 6.45) is 0.878. The van der Waals surface area contributed by atoms with E-state index in [1.807, 2.05) is 18.2 Å². The van der Waals surface area contributed by atoms with Gasteiger partial charge in [-0.2, -0.15) is 0 Å². The maximum atomic E-state index is 12.3. The molecule has 0 saturated heterocycles. The van der Waals surface area contributed by atoms with Crippen molar-refractivity contribution in [2.75, 3.05) is 24.3 Å². The highest BCUT2D eigenvalue weighted by atomic mass is 35.5. The summed E-state index contributed by atoms with van der Waals surface area (Å²) in [4.78, 5) is 12.3. The highest BCUT2D eigenvalue weighted by Crippen LogP contribution is 2.27. The Hall–Kier alpha value is -3.12. The molecule has 0 unspecified atom stereocenters. The van der Waals surface area contributed by atoms with Gasteiger partial charge < -0.3 is 15.4 Å². The summed E-state index contributed by atoms with van der Waals surface area (Å²) in [7, 11) is 1.53. The fraction of sp³-hybridized carbons (Fsp3) is 0.150. The Kier molecular flexibility index (Phi) is 6.22. The normalized spacial score (nSPS) is 10.3. The summed E-state index contributed by atoms with van der Waals surface area (Å²) in [6, 6.07) is 18.5. The molecule has 0 saturated carbocycles.